The van der Waals surface area contributed by atoms with Crippen molar-refractivity contribution in [2.45, 2.75) is 64.1 Å². The third-order valence-corrected chi connectivity index (χ3v) is 4.87. The van der Waals surface area contributed by atoms with Crippen molar-refractivity contribution in [2.24, 2.45) is 5.92 Å². The minimum Gasteiger partial charge on any atom is -0.490 e. The van der Waals surface area contributed by atoms with Crippen molar-refractivity contribution in [2.75, 3.05) is 0 Å². The predicted octanol–water partition coefficient (Wildman–Crippen LogP) is 4.08. The van der Waals surface area contributed by atoms with Crippen LogP contribution in [0.25, 0.3) is 0 Å². The van der Waals surface area contributed by atoms with Crippen molar-refractivity contribution in [1.29, 1.82) is 0 Å². The first-order valence-electron chi connectivity index (χ1n) is 8.32. The Morgan fingerprint density at radius 1 is 1.25 bits per heavy atom. The van der Waals surface area contributed by atoms with Crippen LogP contribution in [-0.2, 0) is 21.0 Å². The summed E-state index contributed by atoms with van der Waals surface area (Å²) >= 11 is -2.37. The summed E-state index contributed by atoms with van der Waals surface area (Å²) in [4.78, 5) is 0. The zero-order valence-electron chi connectivity index (χ0n) is 14.5. The van der Waals surface area contributed by atoms with Gasteiger partial charge in [0.05, 0.1) is 0 Å². The van der Waals surface area contributed by atoms with Crippen LogP contribution in [0.15, 0.2) is 24.3 Å². The normalized spacial score (nSPS) is 24.0. The van der Waals surface area contributed by atoms with Crippen LogP contribution in [0.4, 0.5) is 0 Å². The molecule has 1 saturated carbocycles. The van der Waals surface area contributed by atoms with Crippen molar-refractivity contribution in [3.63, 3.8) is 0 Å². The largest absolute Gasteiger partial charge is 0.490 e. The molecule has 4 nitrogen and oxygen atoms in total. The van der Waals surface area contributed by atoms with Gasteiger partial charge in [-0.1, -0.05) is 45.2 Å². The predicted molar refractivity (Wildman–Crippen MR) is 96.0 cm³/mol. The summed E-state index contributed by atoms with van der Waals surface area (Å²) in [6.45, 7) is 6.51. The summed E-state index contributed by atoms with van der Waals surface area (Å²) in [5.74, 6) is 3.20. The van der Waals surface area contributed by atoms with Crippen molar-refractivity contribution in [3.05, 3.63) is 29.8 Å². The fourth-order valence-electron chi connectivity index (χ4n) is 3.14. The Morgan fingerprint density at radius 2 is 1.88 bits per heavy atom. The maximum atomic E-state index is 11.0. The molecule has 0 bridgehead atoms. The number of hydrogen-bond donors (Lipinski definition) is 1. The van der Waals surface area contributed by atoms with Crippen LogP contribution >= 0.6 is 0 Å². The van der Waals surface area contributed by atoms with Crippen molar-refractivity contribution in [3.8, 4) is 18.1 Å². The van der Waals surface area contributed by atoms with Crippen LogP contribution in [0.5, 0.6) is 5.75 Å². The first kappa shape index (κ1) is 19.0. The van der Waals surface area contributed by atoms with E-state index < -0.39 is 17.5 Å². The molecule has 1 aliphatic carbocycles. The lowest BCUT2D eigenvalue weighted by atomic mass is 9.82. The molecule has 0 radical (unpaired) electrons. The standard InChI is InChI=1S/C19H26O4S/c1-5-17(23-24(20)21)16-8-6-7-9-18(16)22-15-12-10-14(11-13-15)19(2,3)4/h1,10-13,16-18H,6-9H2,2-4H3,(H,20,21). The lowest BCUT2D eigenvalue weighted by molar-refractivity contribution is 0.0386. The lowest BCUT2D eigenvalue weighted by Crippen LogP contribution is -2.39. The Kier molecular flexibility index (Phi) is 6.45. The zero-order valence-corrected chi connectivity index (χ0v) is 15.3. The van der Waals surface area contributed by atoms with Crippen molar-refractivity contribution < 1.29 is 17.7 Å². The number of terminal acetylenes is 1. The van der Waals surface area contributed by atoms with Gasteiger partial charge in [0.2, 0.25) is 0 Å². The van der Waals surface area contributed by atoms with E-state index >= 15 is 0 Å². The summed E-state index contributed by atoms with van der Waals surface area (Å²) in [5, 5.41) is 0. The highest BCUT2D eigenvalue weighted by atomic mass is 32.2. The molecule has 0 aliphatic heterocycles. The highest BCUT2D eigenvalue weighted by molar-refractivity contribution is 7.74. The molecule has 0 amide bonds. The van der Waals surface area contributed by atoms with Gasteiger partial charge in [0.1, 0.15) is 18.0 Å². The topological polar surface area (TPSA) is 55.8 Å². The molecule has 1 aliphatic rings. The monoisotopic (exact) mass is 350 g/mol. The molecule has 4 unspecified atom stereocenters. The second kappa shape index (κ2) is 8.15. The molecule has 132 valence electrons. The van der Waals surface area contributed by atoms with Crippen LogP contribution in [0.1, 0.15) is 52.0 Å². The van der Waals surface area contributed by atoms with Gasteiger partial charge in [0.15, 0.2) is 0 Å². The van der Waals surface area contributed by atoms with Crippen LogP contribution in [0, 0.1) is 18.3 Å². The molecule has 4 atom stereocenters. The Morgan fingerprint density at radius 3 is 2.42 bits per heavy atom. The molecule has 1 aromatic carbocycles. The van der Waals surface area contributed by atoms with Gasteiger partial charge in [-0.2, -0.15) is 4.21 Å². The average molecular weight is 350 g/mol. The van der Waals surface area contributed by atoms with E-state index in [4.69, 9.17) is 19.9 Å². The van der Waals surface area contributed by atoms with Crippen LogP contribution < -0.4 is 4.74 Å². The van der Waals surface area contributed by atoms with Gasteiger partial charge in [0, 0.05) is 5.92 Å². The maximum Gasteiger partial charge on any atom is 0.303 e. The first-order chi connectivity index (χ1) is 11.3. The molecule has 1 fully saturated rings. The molecule has 5 heteroatoms. The van der Waals surface area contributed by atoms with Gasteiger partial charge in [-0.25, -0.2) is 0 Å². The van der Waals surface area contributed by atoms with E-state index in [-0.39, 0.29) is 17.4 Å². The Bertz CT molecular complexity index is 597. The first-order valence-corrected chi connectivity index (χ1v) is 9.36. The Labute approximate surface area is 147 Å². The van der Waals surface area contributed by atoms with Crippen LogP contribution in [-0.4, -0.2) is 21.0 Å². The average Bonchev–Trinajstić information content (AvgIpc) is 2.53. The van der Waals surface area contributed by atoms with E-state index in [9.17, 15) is 4.21 Å². The summed E-state index contributed by atoms with van der Waals surface area (Å²) in [6.07, 6.45) is 8.45. The fraction of sp³-hybridized carbons (Fsp3) is 0.579. The Balaban J connectivity index is 2.10. The van der Waals surface area contributed by atoms with Gasteiger partial charge in [-0.15, -0.1) is 6.42 Å². The van der Waals surface area contributed by atoms with Gasteiger partial charge in [-0.3, -0.25) is 8.74 Å². The van der Waals surface area contributed by atoms with E-state index in [1.54, 1.807) is 0 Å². The quantitative estimate of drug-likeness (QED) is 0.642. The molecule has 1 aromatic rings. The highest BCUT2D eigenvalue weighted by Crippen LogP contribution is 2.33. The number of benzene rings is 1. The van der Waals surface area contributed by atoms with Crippen LogP contribution in [0.3, 0.4) is 0 Å². The molecule has 0 saturated heterocycles. The minimum absolute atomic E-state index is 0.0813. The minimum atomic E-state index is -2.37. The SMILES string of the molecule is C#CC(OS(=O)O)C1CCCCC1Oc1ccc(C(C)(C)C)cc1. The van der Waals surface area contributed by atoms with Gasteiger partial charge in [-0.05, 0) is 42.4 Å². The molecule has 2 rings (SSSR count). The molecule has 24 heavy (non-hydrogen) atoms. The number of hydrogen-bond acceptors (Lipinski definition) is 3. The third kappa shape index (κ3) is 5.07. The van der Waals surface area contributed by atoms with E-state index in [0.29, 0.717) is 0 Å². The molecule has 0 spiro atoms. The van der Waals surface area contributed by atoms with Gasteiger partial charge in [0.25, 0.3) is 0 Å². The highest BCUT2D eigenvalue weighted by Gasteiger charge is 2.34. The lowest BCUT2D eigenvalue weighted by Gasteiger charge is -2.34. The van der Waals surface area contributed by atoms with E-state index in [0.717, 1.165) is 31.4 Å². The second-order valence-corrected chi connectivity index (χ2v) is 7.91. The second-order valence-electron chi connectivity index (χ2n) is 7.28. The summed E-state index contributed by atoms with van der Waals surface area (Å²) in [7, 11) is 0. The fourth-order valence-corrected chi connectivity index (χ4v) is 3.51. The van der Waals surface area contributed by atoms with Gasteiger partial charge >= 0.3 is 11.4 Å². The molecular weight excluding hydrogens is 324 g/mol. The summed E-state index contributed by atoms with van der Waals surface area (Å²) in [6, 6.07) is 8.10. The van der Waals surface area contributed by atoms with Crippen molar-refractivity contribution >= 4 is 11.4 Å². The van der Waals surface area contributed by atoms with Crippen molar-refractivity contribution in [1.82, 2.24) is 0 Å². The van der Waals surface area contributed by atoms with E-state index in [2.05, 4.69) is 38.8 Å². The van der Waals surface area contributed by atoms with E-state index in [1.807, 2.05) is 12.1 Å². The van der Waals surface area contributed by atoms with Crippen LogP contribution in [0.2, 0.25) is 0 Å². The summed E-state index contributed by atoms with van der Waals surface area (Å²) in [5.41, 5.74) is 1.34. The molecule has 0 heterocycles. The maximum absolute atomic E-state index is 11.0. The molecule has 1 N–H and O–H groups in total. The Hall–Kier alpha value is -1.35. The third-order valence-electron chi connectivity index (χ3n) is 4.50. The summed E-state index contributed by atoms with van der Waals surface area (Å²) < 4.78 is 31.1. The van der Waals surface area contributed by atoms with Gasteiger partial charge < -0.3 is 4.74 Å². The number of rotatable bonds is 5. The number of ether oxygens (including phenoxy) is 1. The molecule has 0 aromatic heterocycles. The van der Waals surface area contributed by atoms with E-state index in [1.165, 1.54) is 5.56 Å². The molecular formula is C19H26O4S. The smallest absolute Gasteiger partial charge is 0.303 e. The zero-order chi connectivity index (χ0) is 17.7.